The van der Waals surface area contributed by atoms with Gasteiger partial charge in [-0.05, 0) is 31.1 Å². The van der Waals surface area contributed by atoms with E-state index in [0.29, 0.717) is 12.4 Å². The molecule has 0 radical (unpaired) electrons. The number of alkyl halides is 5. The first kappa shape index (κ1) is 24.8. The first-order valence-corrected chi connectivity index (χ1v) is 11.2. The first-order chi connectivity index (χ1) is 15.2. The van der Waals surface area contributed by atoms with Crippen LogP contribution in [-0.4, -0.2) is 77.5 Å². The van der Waals surface area contributed by atoms with E-state index in [4.69, 9.17) is 10.6 Å². The quantitative estimate of drug-likeness (QED) is 0.119. The van der Waals surface area contributed by atoms with Gasteiger partial charge in [-0.15, -0.1) is 0 Å². The van der Waals surface area contributed by atoms with Gasteiger partial charge in [0.05, 0.1) is 30.8 Å². The van der Waals surface area contributed by atoms with Crippen molar-refractivity contribution in [3.63, 3.8) is 0 Å². The fraction of sp³-hybridized carbons (Fsp3) is 0.650. The van der Waals surface area contributed by atoms with Gasteiger partial charge < -0.3 is 15.3 Å². The van der Waals surface area contributed by atoms with E-state index in [-0.39, 0.29) is 24.2 Å². The highest BCUT2D eigenvalue weighted by Crippen LogP contribution is 2.45. The Morgan fingerprint density at radius 3 is 2.62 bits per heavy atom. The summed E-state index contributed by atoms with van der Waals surface area (Å²) in [6.07, 6.45) is 1.98. The zero-order chi connectivity index (χ0) is 23.4. The van der Waals surface area contributed by atoms with Gasteiger partial charge in [0.1, 0.15) is 24.2 Å². The molecule has 0 aromatic rings. The molecule has 178 valence electrons. The van der Waals surface area contributed by atoms with Crippen LogP contribution in [-0.2, 0) is 4.74 Å². The number of hydrogen-bond acceptors (Lipinski definition) is 6. The van der Waals surface area contributed by atoms with Crippen molar-refractivity contribution in [2.24, 2.45) is 26.7 Å². The number of allylic oxidation sites excluding steroid dienone is 1. The molecule has 0 bridgehead atoms. The van der Waals surface area contributed by atoms with Crippen LogP contribution < -0.4 is 11.3 Å². The standard InChI is InChI=1S/C20H26BrF4N5O2/c21-12-1-6-18(29-8-12)32-14-3-5-17(28-9-14)20(24,25)19(31,10-27-11-30-26)15-4-2-13(22)7-16(15)23/h1,3,5-6,11-16,31H,2,4,7-10,26H2,(H,27,30). The molecule has 7 nitrogen and oxygen atoms in total. The van der Waals surface area contributed by atoms with Crippen LogP contribution in [0.3, 0.4) is 0 Å². The molecule has 3 aliphatic rings. The highest BCUT2D eigenvalue weighted by Gasteiger charge is 2.62. The first-order valence-electron chi connectivity index (χ1n) is 10.3. The van der Waals surface area contributed by atoms with Crippen molar-refractivity contribution >= 4 is 33.9 Å². The van der Waals surface area contributed by atoms with E-state index in [1.165, 1.54) is 6.08 Å². The zero-order valence-electron chi connectivity index (χ0n) is 17.2. The third-order valence-electron chi connectivity index (χ3n) is 5.74. The summed E-state index contributed by atoms with van der Waals surface area (Å²) in [5, 5.41) is 11.1. The van der Waals surface area contributed by atoms with Crippen molar-refractivity contribution in [1.29, 1.82) is 0 Å². The number of rotatable bonds is 7. The summed E-state index contributed by atoms with van der Waals surface area (Å²) in [6, 6.07) is 0. The number of nitrogens with one attached hydrogen (secondary N) is 1. The Kier molecular flexibility index (Phi) is 8.10. The van der Waals surface area contributed by atoms with Crippen LogP contribution in [0.15, 0.2) is 39.3 Å². The van der Waals surface area contributed by atoms with Crippen LogP contribution in [0, 0.1) is 5.92 Å². The van der Waals surface area contributed by atoms with Crippen LogP contribution in [0.1, 0.15) is 19.3 Å². The summed E-state index contributed by atoms with van der Waals surface area (Å²) in [5.74, 6) is -0.0386. The maximum atomic E-state index is 15.6. The number of hydrazine groups is 1. The molecular formula is C20H26BrF4N5O2. The summed E-state index contributed by atoms with van der Waals surface area (Å²) in [4.78, 5) is 11.9. The summed E-state index contributed by atoms with van der Waals surface area (Å²) in [7, 11) is 0. The van der Waals surface area contributed by atoms with Gasteiger partial charge in [0.15, 0.2) is 5.60 Å². The van der Waals surface area contributed by atoms with Crippen molar-refractivity contribution < 1.29 is 27.4 Å². The smallest absolute Gasteiger partial charge is 0.319 e. The number of aliphatic hydroxyl groups is 1. The molecule has 32 heavy (non-hydrogen) atoms. The Labute approximate surface area is 191 Å². The molecule has 0 amide bonds. The lowest BCUT2D eigenvalue weighted by Gasteiger charge is -2.44. The molecule has 1 saturated carbocycles. The Bertz CT molecular complexity index is 822. The van der Waals surface area contributed by atoms with Crippen LogP contribution in [0.2, 0.25) is 0 Å². The van der Waals surface area contributed by atoms with Gasteiger partial charge >= 0.3 is 5.92 Å². The second-order valence-corrected chi connectivity index (χ2v) is 9.14. The molecule has 3 rings (SSSR count). The van der Waals surface area contributed by atoms with Gasteiger partial charge in [0.25, 0.3) is 0 Å². The Balaban J connectivity index is 1.77. The molecule has 2 aliphatic heterocycles. The van der Waals surface area contributed by atoms with Gasteiger partial charge in [0, 0.05) is 12.3 Å². The summed E-state index contributed by atoms with van der Waals surface area (Å²) < 4.78 is 65.0. The van der Waals surface area contributed by atoms with Gasteiger partial charge in [-0.2, -0.15) is 8.78 Å². The largest absolute Gasteiger partial charge is 0.468 e. The summed E-state index contributed by atoms with van der Waals surface area (Å²) in [5.41, 5.74) is -1.58. The Morgan fingerprint density at radius 2 is 2.03 bits per heavy atom. The van der Waals surface area contributed by atoms with Crippen molar-refractivity contribution in [3.05, 3.63) is 24.3 Å². The number of nitrogens with zero attached hydrogens (tertiary/aromatic N) is 3. The molecule has 2 heterocycles. The number of halogens is 5. The molecule has 0 spiro atoms. The van der Waals surface area contributed by atoms with Crippen molar-refractivity contribution in [2.45, 2.75) is 54.1 Å². The van der Waals surface area contributed by atoms with Gasteiger partial charge in [-0.1, -0.05) is 22.0 Å². The molecule has 6 atom stereocenters. The summed E-state index contributed by atoms with van der Waals surface area (Å²) >= 11 is 3.39. The lowest BCUT2D eigenvalue weighted by Crippen LogP contribution is -2.63. The lowest BCUT2D eigenvalue weighted by atomic mass is 9.70. The molecule has 0 saturated heterocycles. The van der Waals surface area contributed by atoms with E-state index in [0.717, 1.165) is 12.4 Å². The Morgan fingerprint density at radius 1 is 1.25 bits per heavy atom. The van der Waals surface area contributed by atoms with Gasteiger partial charge in [-0.25, -0.2) is 14.6 Å². The minimum absolute atomic E-state index is 0.113. The van der Waals surface area contributed by atoms with E-state index in [1.54, 1.807) is 6.08 Å². The second-order valence-electron chi connectivity index (χ2n) is 7.96. The fourth-order valence-electron chi connectivity index (χ4n) is 4.00. The highest BCUT2D eigenvalue weighted by molar-refractivity contribution is 9.09. The molecule has 0 aromatic carbocycles. The zero-order valence-corrected chi connectivity index (χ0v) is 18.8. The van der Waals surface area contributed by atoms with E-state index in [2.05, 4.69) is 36.3 Å². The number of aliphatic imine (C=N–C) groups is 3. The van der Waals surface area contributed by atoms with Crippen molar-refractivity contribution in [2.75, 3.05) is 19.6 Å². The number of dihydropyridines is 2. The minimum atomic E-state index is -3.95. The molecule has 0 aromatic heterocycles. The fourth-order valence-corrected chi connectivity index (χ4v) is 4.30. The molecule has 6 unspecified atom stereocenters. The van der Waals surface area contributed by atoms with E-state index < -0.39 is 54.6 Å². The molecule has 12 heteroatoms. The molecule has 4 N–H and O–H groups in total. The molecular weight excluding hydrogens is 498 g/mol. The number of ether oxygens (including phenoxy) is 1. The monoisotopic (exact) mass is 523 g/mol. The van der Waals surface area contributed by atoms with Crippen LogP contribution in [0.4, 0.5) is 17.6 Å². The van der Waals surface area contributed by atoms with Gasteiger partial charge in [0.2, 0.25) is 5.90 Å². The maximum absolute atomic E-state index is 15.6. The SMILES string of the molecule is NNC=NCC(O)(C1CCC(F)CC1F)C(F)(F)C1=NCC(OC2=NCC(Br)C=C2)C=C1. The maximum Gasteiger partial charge on any atom is 0.319 e. The third-order valence-corrected chi connectivity index (χ3v) is 6.33. The van der Waals surface area contributed by atoms with Crippen LogP contribution in [0.5, 0.6) is 0 Å². The predicted octanol–water partition coefficient (Wildman–Crippen LogP) is 2.45. The Hall–Kier alpha value is -1.79. The second kappa shape index (κ2) is 10.4. The highest BCUT2D eigenvalue weighted by atomic mass is 79.9. The van der Waals surface area contributed by atoms with Crippen molar-refractivity contribution in [1.82, 2.24) is 5.43 Å². The van der Waals surface area contributed by atoms with E-state index >= 15 is 8.78 Å². The average molecular weight is 524 g/mol. The number of hydrogen-bond donors (Lipinski definition) is 3. The molecule has 1 aliphatic carbocycles. The third kappa shape index (κ3) is 5.40. The topological polar surface area (TPSA) is 105 Å². The average Bonchev–Trinajstić information content (AvgIpc) is 2.75. The lowest BCUT2D eigenvalue weighted by molar-refractivity contribution is -0.183. The molecule has 1 fully saturated rings. The number of nitrogens with two attached hydrogens (primary N) is 1. The van der Waals surface area contributed by atoms with Gasteiger partial charge in [-0.3, -0.25) is 15.0 Å². The van der Waals surface area contributed by atoms with Crippen LogP contribution >= 0.6 is 15.9 Å². The minimum Gasteiger partial charge on any atom is -0.468 e. The predicted molar refractivity (Wildman–Crippen MR) is 118 cm³/mol. The van der Waals surface area contributed by atoms with E-state index in [9.17, 15) is 13.9 Å². The van der Waals surface area contributed by atoms with Crippen LogP contribution in [0.25, 0.3) is 0 Å². The van der Waals surface area contributed by atoms with E-state index in [1.807, 2.05) is 6.08 Å². The van der Waals surface area contributed by atoms with Crippen molar-refractivity contribution in [3.8, 4) is 0 Å². The summed E-state index contributed by atoms with van der Waals surface area (Å²) in [6.45, 7) is -0.480. The normalized spacial score (nSPS) is 32.9.